The molecule has 0 atom stereocenters. The van der Waals surface area contributed by atoms with E-state index in [0.717, 1.165) is 29.9 Å². The van der Waals surface area contributed by atoms with Crippen LogP contribution in [0.4, 0.5) is 13.2 Å². The summed E-state index contributed by atoms with van der Waals surface area (Å²) in [6, 6.07) is 5.10. The summed E-state index contributed by atoms with van der Waals surface area (Å²) in [4.78, 5) is 4.47. The minimum atomic E-state index is -4.30. The monoisotopic (exact) mass is 268 g/mol. The quantitative estimate of drug-likeness (QED) is 0.805. The number of alkyl halides is 3. The summed E-state index contributed by atoms with van der Waals surface area (Å²) in [6.07, 6.45) is -3.50. The number of hydrogen-bond donors (Lipinski definition) is 0. The highest BCUT2D eigenvalue weighted by Crippen LogP contribution is 2.31. The molecule has 19 heavy (non-hydrogen) atoms. The number of aryl methyl sites for hydroxylation is 1. The topological polar surface area (TPSA) is 17.8 Å². The molecule has 0 saturated carbocycles. The second-order valence-electron chi connectivity index (χ2n) is 4.46. The molecule has 1 aromatic heterocycles. The Morgan fingerprint density at radius 3 is 2.16 bits per heavy atom. The lowest BCUT2D eigenvalue weighted by Gasteiger charge is -2.08. The highest BCUT2D eigenvalue weighted by molar-refractivity contribution is 5.57. The molecule has 0 saturated heterocycles. The molecule has 2 nitrogen and oxygen atoms in total. The summed E-state index contributed by atoms with van der Waals surface area (Å²) in [5.41, 5.74) is 2.06. The van der Waals surface area contributed by atoms with Crippen molar-refractivity contribution in [1.82, 2.24) is 9.55 Å². The predicted octanol–water partition coefficient (Wildman–Crippen LogP) is 3.98. The molecule has 102 valence electrons. The van der Waals surface area contributed by atoms with Gasteiger partial charge in [0, 0.05) is 18.3 Å². The van der Waals surface area contributed by atoms with Crippen LogP contribution in [-0.4, -0.2) is 9.55 Å². The van der Waals surface area contributed by atoms with Crippen LogP contribution in [0.2, 0.25) is 0 Å². The van der Waals surface area contributed by atoms with Gasteiger partial charge in [-0.05, 0) is 25.5 Å². The van der Waals surface area contributed by atoms with Gasteiger partial charge < -0.3 is 4.57 Å². The molecule has 1 aromatic carbocycles. The fourth-order valence-electron chi connectivity index (χ4n) is 2.04. The van der Waals surface area contributed by atoms with Crippen LogP contribution in [0.1, 0.15) is 23.9 Å². The third kappa shape index (κ3) is 2.50. The number of rotatable bonds is 2. The Morgan fingerprint density at radius 2 is 1.74 bits per heavy atom. The lowest BCUT2D eigenvalue weighted by atomic mass is 10.1. The summed E-state index contributed by atoms with van der Waals surface area (Å²) >= 11 is 0. The molecule has 2 rings (SSSR count). The first-order chi connectivity index (χ1) is 8.84. The van der Waals surface area contributed by atoms with E-state index in [2.05, 4.69) is 4.98 Å². The molecule has 1 heterocycles. The molecule has 0 amide bonds. The van der Waals surface area contributed by atoms with Crippen LogP contribution in [0.15, 0.2) is 24.3 Å². The van der Waals surface area contributed by atoms with E-state index < -0.39 is 11.7 Å². The van der Waals surface area contributed by atoms with Gasteiger partial charge in [0.05, 0.1) is 11.3 Å². The number of imidazole rings is 1. The Bertz CT molecular complexity index is 580. The average molecular weight is 268 g/mol. The Morgan fingerprint density at radius 1 is 1.16 bits per heavy atom. The second kappa shape index (κ2) is 4.72. The van der Waals surface area contributed by atoms with Crippen LogP contribution in [-0.2, 0) is 19.6 Å². The minimum absolute atomic E-state index is 0.641. The number of aromatic nitrogens is 2. The van der Waals surface area contributed by atoms with Gasteiger partial charge in [0.2, 0.25) is 0 Å². The lowest BCUT2D eigenvalue weighted by Crippen LogP contribution is -2.04. The maximum absolute atomic E-state index is 12.5. The van der Waals surface area contributed by atoms with Crippen LogP contribution in [0.25, 0.3) is 11.4 Å². The summed E-state index contributed by atoms with van der Waals surface area (Å²) < 4.78 is 39.4. The van der Waals surface area contributed by atoms with Gasteiger partial charge in [0.25, 0.3) is 0 Å². The van der Waals surface area contributed by atoms with Gasteiger partial charge >= 0.3 is 6.18 Å². The zero-order chi connectivity index (χ0) is 14.2. The Kier molecular flexibility index (Phi) is 3.39. The van der Waals surface area contributed by atoms with Crippen molar-refractivity contribution >= 4 is 0 Å². The highest BCUT2D eigenvalue weighted by Gasteiger charge is 2.30. The third-order valence-corrected chi connectivity index (χ3v) is 3.28. The van der Waals surface area contributed by atoms with Crippen molar-refractivity contribution in [1.29, 1.82) is 0 Å². The van der Waals surface area contributed by atoms with Gasteiger partial charge in [-0.2, -0.15) is 13.2 Å². The molecule has 0 radical (unpaired) electrons. The summed E-state index contributed by atoms with van der Waals surface area (Å²) in [6.45, 7) is 3.96. The zero-order valence-corrected chi connectivity index (χ0v) is 11.0. The minimum Gasteiger partial charge on any atom is -0.331 e. The van der Waals surface area contributed by atoms with Crippen molar-refractivity contribution < 1.29 is 13.2 Å². The van der Waals surface area contributed by atoms with Gasteiger partial charge in [-0.3, -0.25) is 0 Å². The first-order valence-corrected chi connectivity index (χ1v) is 6.04. The van der Waals surface area contributed by atoms with E-state index in [4.69, 9.17) is 0 Å². The molecular weight excluding hydrogens is 253 g/mol. The van der Waals surface area contributed by atoms with Crippen molar-refractivity contribution in [2.24, 2.45) is 7.05 Å². The molecule has 0 aliphatic heterocycles. The van der Waals surface area contributed by atoms with E-state index in [1.165, 1.54) is 12.1 Å². The SMILES string of the molecule is CCc1nc(-c2ccc(C(F)(F)F)cc2)n(C)c1C. The van der Waals surface area contributed by atoms with Crippen LogP contribution in [0, 0.1) is 6.92 Å². The smallest absolute Gasteiger partial charge is 0.331 e. The Balaban J connectivity index is 2.43. The molecule has 0 unspecified atom stereocenters. The zero-order valence-electron chi connectivity index (χ0n) is 11.0. The second-order valence-corrected chi connectivity index (χ2v) is 4.46. The van der Waals surface area contributed by atoms with E-state index in [1.54, 1.807) is 0 Å². The molecule has 0 bridgehead atoms. The summed E-state index contributed by atoms with van der Waals surface area (Å²) in [5.74, 6) is 0.697. The van der Waals surface area contributed by atoms with Crippen LogP contribution < -0.4 is 0 Å². The molecule has 0 N–H and O–H groups in total. The maximum atomic E-state index is 12.5. The maximum Gasteiger partial charge on any atom is 0.416 e. The van der Waals surface area contributed by atoms with E-state index in [-0.39, 0.29) is 0 Å². The fraction of sp³-hybridized carbons (Fsp3) is 0.357. The van der Waals surface area contributed by atoms with Crippen molar-refractivity contribution in [3.05, 3.63) is 41.2 Å². The van der Waals surface area contributed by atoms with Crippen LogP contribution >= 0.6 is 0 Å². The average Bonchev–Trinajstić information content (AvgIpc) is 2.65. The molecule has 2 aromatic rings. The van der Waals surface area contributed by atoms with Crippen LogP contribution in [0.5, 0.6) is 0 Å². The highest BCUT2D eigenvalue weighted by atomic mass is 19.4. The molecule has 5 heteroatoms. The number of hydrogen-bond acceptors (Lipinski definition) is 1. The van der Waals surface area contributed by atoms with E-state index in [9.17, 15) is 13.2 Å². The number of halogens is 3. The molecule has 0 aliphatic rings. The van der Waals surface area contributed by atoms with E-state index >= 15 is 0 Å². The Hall–Kier alpha value is -1.78. The van der Waals surface area contributed by atoms with E-state index in [1.807, 2.05) is 25.5 Å². The molecular formula is C14H15F3N2. The van der Waals surface area contributed by atoms with Gasteiger partial charge in [0.1, 0.15) is 5.82 Å². The molecule has 0 aliphatic carbocycles. The lowest BCUT2D eigenvalue weighted by molar-refractivity contribution is -0.137. The first kappa shape index (κ1) is 13.6. The first-order valence-electron chi connectivity index (χ1n) is 6.04. The van der Waals surface area contributed by atoms with Crippen molar-refractivity contribution in [3.63, 3.8) is 0 Å². The standard InChI is InChI=1S/C14H15F3N2/c1-4-12-9(2)19(3)13(18-12)10-5-7-11(8-6-10)14(15,16)17/h5-8H,4H2,1-3H3. The predicted molar refractivity (Wildman–Crippen MR) is 67.8 cm³/mol. The summed E-state index contributed by atoms with van der Waals surface area (Å²) in [7, 11) is 1.87. The number of benzene rings is 1. The normalized spacial score (nSPS) is 11.9. The van der Waals surface area contributed by atoms with Gasteiger partial charge in [0.15, 0.2) is 0 Å². The van der Waals surface area contributed by atoms with Gasteiger partial charge in [-0.25, -0.2) is 4.98 Å². The van der Waals surface area contributed by atoms with E-state index in [0.29, 0.717) is 11.4 Å². The molecule has 0 spiro atoms. The third-order valence-electron chi connectivity index (χ3n) is 3.28. The van der Waals surface area contributed by atoms with Gasteiger partial charge in [-0.1, -0.05) is 19.1 Å². The fourth-order valence-corrected chi connectivity index (χ4v) is 2.04. The molecule has 0 fully saturated rings. The van der Waals surface area contributed by atoms with Crippen molar-refractivity contribution in [2.75, 3.05) is 0 Å². The largest absolute Gasteiger partial charge is 0.416 e. The van der Waals surface area contributed by atoms with Crippen molar-refractivity contribution in [3.8, 4) is 11.4 Å². The Labute approximate surface area is 109 Å². The van der Waals surface area contributed by atoms with Gasteiger partial charge in [-0.15, -0.1) is 0 Å². The number of nitrogens with zero attached hydrogens (tertiary/aromatic N) is 2. The van der Waals surface area contributed by atoms with Crippen molar-refractivity contribution in [2.45, 2.75) is 26.4 Å². The summed E-state index contributed by atoms with van der Waals surface area (Å²) in [5, 5.41) is 0. The van der Waals surface area contributed by atoms with Crippen LogP contribution in [0.3, 0.4) is 0 Å².